The Bertz CT molecular complexity index is 743. The Morgan fingerprint density at radius 2 is 1.76 bits per heavy atom. The van der Waals surface area contributed by atoms with Crippen molar-refractivity contribution in [1.82, 2.24) is 9.13 Å². The van der Waals surface area contributed by atoms with Gasteiger partial charge in [-0.25, -0.2) is 9.36 Å². The molecule has 0 radical (unpaired) electrons. The molecular formula is C16H21N3O2. The van der Waals surface area contributed by atoms with Crippen LogP contribution in [0.5, 0.6) is 0 Å². The first-order valence-corrected chi connectivity index (χ1v) is 7.05. The Hall–Kier alpha value is -2.30. The number of para-hydroxylation sites is 1. The van der Waals surface area contributed by atoms with E-state index in [0.717, 1.165) is 0 Å². The molecule has 1 heterocycles. The van der Waals surface area contributed by atoms with Gasteiger partial charge in [-0.3, -0.25) is 9.36 Å². The Kier molecular flexibility index (Phi) is 4.31. The zero-order valence-corrected chi connectivity index (χ0v) is 12.9. The lowest BCUT2D eigenvalue weighted by molar-refractivity contribution is 0.675. The van der Waals surface area contributed by atoms with Gasteiger partial charge in [0, 0.05) is 19.3 Å². The lowest BCUT2D eigenvalue weighted by atomic mass is 10.2. The lowest BCUT2D eigenvalue weighted by Crippen LogP contribution is -2.40. The normalized spacial score (nSPS) is 10.9. The van der Waals surface area contributed by atoms with Gasteiger partial charge in [0.1, 0.15) is 5.69 Å². The molecule has 0 fully saturated rings. The lowest BCUT2D eigenvalue weighted by Gasteiger charge is -2.16. The zero-order valence-electron chi connectivity index (χ0n) is 12.9. The van der Waals surface area contributed by atoms with Gasteiger partial charge in [0.2, 0.25) is 0 Å². The SMILES string of the molecule is Cc1c(NCC(C)C)c(=O)n(-c2ccccc2)c(=O)n1C. The van der Waals surface area contributed by atoms with Crippen molar-refractivity contribution in [2.24, 2.45) is 13.0 Å². The molecule has 2 rings (SSSR count). The van der Waals surface area contributed by atoms with Crippen molar-refractivity contribution in [3.63, 3.8) is 0 Å². The fraction of sp³-hybridized carbons (Fsp3) is 0.375. The summed E-state index contributed by atoms with van der Waals surface area (Å²) in [5.41, 5.74) is 1.07. The first-order valence-electron chi connectivity index (χ1n) is 7.05. The van der Waals surface area contributed by atoms with E-state index >= 15 is 0 Å². The smallest absolute Gasteiger partial charge is 0.335 e. The van der Waals surface area contributed by atoms with E-state index in [9.17, 15) is 9.59 Å². The zero-order chi connectivity index (χ0) is 15.6. The molecular weight excluding hydrogens is 266 g/mol. The molecule has 5 nitrogen and oxygen atoms in total. The Morgan fingerprint density at radius 1 is 1.14 bits per heavy atom. The van der Waals surface area contributed by atoms with Gasteiger partial charge in [-0.1, -0.05) is 32.0 Å². The number of nitrogens with zero attached hydrogens (tertiary/aromatic N) is 2. The highest BCUT2D eigenvalue weighted by atomic mass is 16.2. The molecule has 0 saturated heterocycles. The van der Waals surface area contributed by atoms with Crippen LogP contribution in [-0.4, -0.2) is 15.7 Å². The molecule has 0 amide bonds. The van der Waals surface area contributed by atoms with Crippen molar-refractivity contribution >= 4 is 5.69 Å². The van der Waals surface area contributed by atoms with Crippen LogP contribution in [0.15, 0.2) is 39.9 Å². The van der Waals surface area contributed by atoms with Crippen molar-refractivity contribution in [3.8, 4) is 5.69 Å². The van der Waals surface area contributed by atoms with Crippen molar-refractivity contribution in [2.75, 3.05) is 11.9 Å². The Morgan fingerprint density at radius 3 is 2.33 bits per heavy atom. The standard InChI is InChI=1S/C16H21N3O2/c1-11(2)10-17-14-12(3)18(4)16(21)19(15(14)20)13-8-6-5-7-9-13/h5-9,11,17H,10H2,1-4H3. The highest BCUT2D eigenvalue weighted by Crippen LogP contribution is 2.09. The van der Waals surface area contributed by atoms with Crippen LogP contribution in [0.3, 0.4) is 0 Å². The average molecular weight is 287 g/mol. The maximum Gasteiger partial charge on any atom is 0.335 e. The van der Waals surface area contributed by atoms with E-state index in [1.54, 1.807) is 26.1 Å². The molecule has 1 aromatic heterocycles. The molecule has 0 saturated carbocycles. The average Bonchev–Trinajstić information content (AvgIpc) is 2.46. The maximum absolute atomic E-state index is 12.7. The second-order valence-electron chi connectivity index (χ2n) is 5.55. The summed E-state index contributed by atoms with van der Waals surface area (Å²) in [7, 11) is 1.68. The molecule has 112 valence electrons. The topological polar surface area (TPSA) is 56.0 Å². The molecule has 2 aromatic rings. The predicted molar refractivity (Wildman–Crippen MR) is 85.3 cm³/mol. The van der Waals surface area contributed by atoms with Gasteiger partial charge in [0.05, 0.1) is 5.69 Å². The van der Waals surface area contributed by atoms with E-state index < -0.39 is 0 Å². The molecule has 0 aliphatic heterocycles. The molecule has 0 aliphatic carbocycles. The quantitative estimate of drug-likeness (QED) is 0.934. The van der Waals surface area contributed by atoms with Crippen molar-refractivity contribution in [1.29, 1.82) is 0 Å². The van der Waals surface area contributed by atoms with Crippen LogP contribution in [0.1, 0.15) is 19.5 Å². The second-order valence-corrected chi connectivity index (χ2v) is 5.55. The third kappa shape index (κ3) is 2.91. The molecule has 1 N–H and O–H groups in total. The van der Waals surface area contributed by atoms with Gasteiger partial charge in [0.15, 0.2) is 0 Å². The Balaban J connectivity index is 2.67. The first kappa shape index (κ1) is 15.1. The van der Waals surface area contributed by atoms with E-state index in [1.165, 1.54) is 9.13 Å². The number of rotatable bonds is 4. The number of benzene rings is 1. The number of nitrogens with one attached hydrogen (secondary N) is 1. The molecule has 1 aromatic carbocycles. The van der Waals surface area contributed by atoms with E-state index in [-0.39, 0.29) is 11.2 Å². The highest BCUT2D eigenvalue weighted by Gasteiger charge is 2.15. The van der Waals surface area contributed by atoms with Crippen LogP contribution in [0.2, 0.25) is 0 Å². The largest absolute Gasteiger partial charge is 0.379 e. The number of aromatic nitrogens is 2. The minimum Gasteiger partial charge on any atom is -0.379 e. The van der Waals surface area contributed by atoms with Gasteiger partial charge < -0.3 is 5.32 Å². The summed E-state index contributed by atoms with van der Waals surface area (Å²) < 4.78 is 2.70. The summed E-state index contributed by atoms with van der Waals surface area (Å²) in [5.74, 6) is 0.409. The van der Waals surface area contributed by atoms with Crippen LogP contribution < -0.4 is 16.6 Å². The summed E-state index contributed by atoms with van der Waals surface area (Å²) in [5, 5.41) is 3.17. The predicted octanol–water partition coefficient (Wildman–Crippen LogP) is 1.91. The molecule has 21 heavy (non-hydrogen) atoms. The van der Waals surface area contributed by atoms with Crippen molar-refractivity contribution in [3.05, 3.63) is 56.9 Å². The van der Waals surface area contributed by atoms with Crippen molar-refractivity contribution < 1.29 is 0 Å². The summed E-state index contributed by atoms with van der Waals surface area (Å²) in [6.07, 6.45) is 0. The van der Waals surface area contributed by atoms with Crippen LogP contribution in [0.25, 0.3) is 5.69 Å². The molecule has 0 aliphatic rings. The summed E-state index contributed by atoms with van der Waals surface area (Å²) >= 11 is 0. The fourth-order valence-electron chi connectivity index (χ4n) is 2.13. The van der Waals surface area contributed by atoms with E-state index in [2.05, 4.69) is 19.2 Å². The van der Waals surface area contributed by atoms with Gasteiger partial charge in [-0.05, 0) is 25.0 Å². The van der Waals surface area contributed by atoms with Gasteiger partial charge in [-0.15, -0.1) is 0 Å². The third-order valence-corrected chi connectivity index (χ3v) is 3.46. The van der Waals surface area contributed by atoms with Crippen LogP contribution in [0, 0.1) is 12.8 Å². The fourth-order valence-corrected chi connectivity index (χ4v) is 2.13. The van der Waals surface area contributed by atoms with Crippen LogP contribution >= 0.6 is 0 Å². The summed E-state index contributed by atoms with van der Waals surface area (Å²) in [6.45, 7) is 6.60. The monoisotopic (exact) mass is 287 g/mol. The third-order valence-electron chi connectivity index (χ3n) is 3.46. The van der Waals surface area contributed by atoms with Gasteiger partial charge in [-0.2, -0.15) is 0 Å². The number of hydrogen-bond acceptors (Lipinski definition) is 3. The van der Waals surface area contributed by atoms with E-state index in [1.807, 2.05) is 18.2 Å². The number of anilines is 1. The highest BCUT2D eigenvalue weighted by molar-refractivity contribution is 5.48. The maximum atomic E-state index is 12.7. The minimum atomic E-state index is -0.334. The first-order chi connectivity index (χ1) is 9.93. The van der Waals surface area contributed by atoms with Gasteiger partial charge >= 0.3 is 5.69 Å². The Labute approximate surface area is 123 Å². The van der Waals surface area contributed by atoms with Crippen molar-refractivity contribution in [2.45, 2.75) is 20.8 Å². The molecule has 0 unspecified atom stereocenters. The summed E-state index contributed by atoms with van der Waals surface area (Å²) in [4.78, 5) is 25.1. The van der Waals surface area contributed by atoms with E-state index in [0.29, 0.717) is 29.5 Å². The number of hydrogen-bond donors (Lipinski definition) is 1. The molecule has 5 heteroatoms. The van der Waals surface area contributed by atoms with Crippen LogP contribution in [-0.2, 0) is 7.05 Å². The molecule has 0 bridgehead atoms. The molecule has 0 atom stereocenters. The second kappa shape index (κ2) is 5.99. The van der Waals surface area contributed by atoms with Crippen LogP contribution in [0.4, 0.5) is 5.69 Å². The van der Waals surface area contributed by atoms with E-state index in [4.69, 9.17) is 0 Å². The summed E-state index contributed by atoms with van der Waals surface area (Å²) in [6, 6.07) is 8.98. The minimum absolute atomic E-state index is 0.303. The molecule has 0 spiro atoms. The van der Waals surface area contributed by atoms with Gasteiger partial charge in [0.25, 0.3) is 5.56 Å².